The molecule has 1 unspecified atom stereocenters. The van der Waals surface area contributed by atoms with Gasteiger partial charge in [0, 0.05) is 24.7 Å². The number of hydrogen-bond acceptors (Lipinski definition) is 8. The molecule has 0 aliphatic carbocycles. The maximum Gasteiger partial charge on any atom is 0.265 e. The van der Waals surface area contributed by atoms with Crippen molar-refractivity contribution in [3.05, 3.63) is 72.3 Å². The van der Waals surface area contributed by atoms with Crippen LogP contribution in [0.15, 0.2) is 71.6 Å². The Morgan fingerprint density at radius 2 is 1.42 bits per heavy atom. The first kappa shape index (κ1) is 33.1. The smallest absolute Gasteiger partial charge is 0.265 e. The quantitative estimate of drug-likeness (QED) is 0.291. The van der Waals surface area contributed by atoms with Gasteiger partial charge in [0.2, 0.25) is 11.8 Å². The van der Waals surface area contributed by atoms with E-state index in [2.05, 4.69) is 5.32 Å². The molecule has 232 valence electrons. The Kier molecular flexibility index (Phi) is 11.2. The fourth-order valence-corrected chi connectivity index (χ4v) is 5.81. The van der Waals surface area contributed by atoms with Gasteiger partial charge in [-0.2, -0.15) is 0 Å². The van der Waals surface area contributed by atoms with Crippen molar-refractivity contribution < 1.29 is 37.0 Å². The minimum atomic E-state index is -4.42. The van der Waals surface area contributed by atoms with E-state index in [1.807, 2.05) is 44.2 Å². The number of nitrogens with zero attached hydrogens (tertiary/aromatic N) is 2. The first-order valence-corrected chi connectivity index (χ1v) is 15.0. The lowest BCUT2D eigenvalue weighted by atomic mass is 10.1. The van der Waals surface area contributed by atoms with Crippen LogP contribution in [-0.4, -0.2) is 72.2 Å². The van der Waals surface area contributed by atoms with Crippen molar-refractivity contribution in [3.8, 4) is 23.0 Å². The molecule has 11 nitrogen and oxygen atoms in total. The van der Waals surface area contributed by atoms with Crippen molar-refractivity contribution in [1.29, 1.82) is 0 Å². The van der Waals surface area contributed by atoms with Gasteiger partial charge in [0.15, 0.2) is 11.5 Å². The molecule has 0 saturated carbocycles. The molecule has 0 bridgehead atoms. The third-order valence-electron chi connectivity index (χ3n) is 6.67. The Hall–Kier alpha value is -4.45. The predicted molar refractivity (Wildman–Crippen MR) is 163 cm³/mol. The predicted octanol–water partition coefficient (Wildman–Crippen LogP) is 3.86. The molecular formula is C31H39N3O8S. The third-order valence-corrected chi connectivity index (χ3v) is 8.43. The van der Waals surface area contributed by atoms with Gasteiger partial charge in [0.05, 0.1) is 39.0 Å². The van der Waals surface area contributed by atoms with Crippen molar-refractivity contribution in [2.45, 2.75) is 44.3 Å². The van der Waals surface area contributed by atoms with Gasteiger partial charge in [0.25, 0.3) is 10.0 Å². The van der Waals surface area contributed by atoms with Crippen LogP contribution in [0.4, 0.5) is 5.69 Å². The molecule has 0 fully saturated rings. The second kappa shape index (κ2) is 14.6. The third kappa shape index (κ3) is 7.89. The lowest BCUT2D eigenvalue weighted by Gasteiger charge is -2.32. The van der Waals surface area contributed by atoms with Crippen LogP contribution in [0, 0.1) is 0 Å². The average molecular weight is 614 g/mol. The van der Waals surface area contributed by atoms with Crippen LogP contribution >= 0.6 is 0 Å². The summed E-state index contributed by atoms with van der Waals surface area (Å²) in [6.45, 7) is 4.68. The van der Waals surface area contributed by atoms with E-state index in [-0.39, 0.29) is 40.6 Å². The molecule has 1 N–H and O–H groups in total. The number of amides is 2. The number of carbonyl (C=O) groups is 2. The number of hydrogen-bond donors (Lipinski definition) is 1. The number of sulfonamides is 1. The Bertz CT molecular complexity index is 1510. The Morgan fingerprint density at radius 1 is 0.791 bits per heavy atom. The number of nitrogens with one attached hydrogen (secondary N) is 1. The topological polar surface area (TPSA) is 124 Å². The largest absolute Gasteiger partial charge is 0.497 e. The summed E-state index contributed by atoms with van der Waals surface area (Å²) in [4.78, 5) is 28.4. The van der Waals surface area contributed by atoms with Gasteiger partial charge in [0.1, 0.15) is 24.1 Å². The molecule has 0 heterocycles. The Balaban J connectivity index is 2.16. The normalized spacial score (nSPS) is 11.8. The van der Waals surface area contributed by atoms with Gasteiger partial charge in [-0.05, 0) is 50.6 Å². The van der Waals surface area contributed by atoms with E-state index >= 15 is 0 Å². The number of benzene rings is 3. The monoisotopic (exact) mass is 613 g/mol. The van der Waals surface area contributed by atoms with Crippen molar-refractivity contribution in [3.63, 3.8) is 0 Å². The number of ether oxygens (including phenoxy) is 4. The molecule has 3 aromatic rings. The summed E-state index contributed by atoms with van der Waals surface area (Å²) in [6.07, 6.45) is 0. The second-order valence-corrected chi connectivity index (χ2v) is 11.8. The minimum Gasteiger partial charge on any atom is -0.497 e. The summed E-state index contributed by atoms with van der Waals surface area (Å²) in [5.74, 6) is 0.0929. The number of methoxy groups -OCH3 is 4. The number of rotatable bonds is 14. The second-order valence-electron chi connectivity index (χ2n) is 9.91. The Morgan fingerprint density at radius 3 is 2.00 bits per heavy atom. The molecule has 0 radical (unpaired) electrons. The molecule has 0 aromatic heterocycles. The highest BCUT2D eigenvalue weighted by Crippen LogP contribution is 2.37. The van der Waals surface area contributed by atoms with Crippen LogP contribution < -0.4 is 28.6 Å². The summed E-state index contributed by atoms with van der Waals surface area (Å²) in [7, 11) is 1.26. The van der Waals surface area contributed by atoms with Gasteiger partial charge in [-0.1, -0.05) is 30.3 Å². The highest BCUT2D eigenvalue weighted by Gasteiger charge is 2.34. The van der Waals surface area contributed by atoms with Gasteiger partial charge in [-0.15, -0.1) is 0 Å². The summed E-state index contributed by atoms with van der Waals surface area (Å²) < 4.78 is 51.1. The zero-order valence-corrected chi connectivity index (χ0v) is 26.3. The van der Waals surface area contributed by atoms with E-state index in [4.69, 9.17) is 18.9 Å². The van der Waals surface area contributed by atoms with E-state index in [1.165, 1.54) is 57.6 Å². The molecular weight excluding hydrogens is 574 g/mol. The van der Waals surface area contributed by atoms with Gasteiger partial charge in [-0.3, -0.25) is 13.9 Å². The molecule has 3 aromatic carbocycles. The maximum absolute atomic E-state index is 14.3. The van der Waals surface area contributed by atoms with E-state index in [1.54, 1.807) is 19.1 Å². The van der Waals surface area contributed by atoms with E-state index in [9.17, 15) is 18.0 Å². The van der Waals surface area contributed by atoms with E-state index in [0.717, 1.165) is 9.87 Å². The zero-order chi connectivity index (χ0) is 31.7. The van der Waals surface area contributed by atoms with Gasteiger partial charge in [-0.25, -0.2) is 8.42 Å². The van der Waals surface area contributed by atoms with Crippen molar-refractivity contribution in [2.75, 3.05) is 39.3 Å². The highest BCUT2D eigenvalue weighted by atomic mass is 32.2. The molecule has 12 heteroatoms. The summed E-state index contributed by atoms with van der Waals surface area (Å²) in [5.41, 5.74) is 0.845. The fraction of sp³-hybridized carbons (Fsp3) is 0.355. The minimum absolute atomic E-state index is 0.0731. The van der Waals surface area contributed by atoms with Crippen LogP contribution in [0.25, 0.3) is 0 Å². The van der Waals surface area contributed by atoms with Gasteiger partial charge >= 0.3 is 0 Å². The van der Waals surface area contributed by atoms with Crippen molar-refractivity contribution in [1.82, 2.24) is 10.2 Å². The fourth-order valence-electron chi connectivity index (χ4n) is 4.38. The molecule has 0 aliphatic rings. The van der Waals surface area contributed by atoms with Crippen LogP contribution in [0.5, 0.6) is 23.0 Å². The summed E-state index contributed by atoms with van der Waals surface area (Å²) in [6, 6.07) is 16.9. The summed E-state index contributed by atoms with van der Waals surface area (Å²) >= 11 is 0. The zero-order valence-electron chi connectivity index (χ0n) is 25.5. The van der Waals surface area contributed by atoms with Crippen LogP contribution in [0.2, 0.25) is 0 Å². The molecule has 0 saturated heterocycles. The number of carbonyl (C=O) groups excluding carboxylic acids is 2. The average Bonchev–Trinajstić information content (AvgIpc) is 3.01. The van der Waals surface area contributed by atoms with E-state index in [0.29, 0.717) is 11.5 Å². The lowest BCUT2D eigenvalue weighted by Crippen LogP contribution is -2.52. The first-order valence-electron chi connectivity index (χ1n) is 13.6. The highest BCUT2D eigenvalue weighted by molar-refractivity contribution is 7.92. The molecule has 0 spiro atoms. The maximum atomic E-state index is 14.3. The molecule has 2 amide bonds. The van der Waals surface area contributed by atoms with E-state index < -0.39 is 28.5 Å². The SMILES string of the molecule is COc1ccc(OC)c(N(CC(=O)N(Cc2ccccc2)C(C)C(=O)NC(C)C)S(=O)(=O)c2ccc(OC)c(OC)c2)c1. The van der Waals surface area contributed by atoms with Gasteiger partial charge < -0.3 is 29.2 Å². The number of anilines is 1. The molecule has 1 atom stereocenters. The van der Waals surface area contributed by atoms with Crippen LogP contribution in [0.3, 0.4) is 0 Å². The van der Waals surface area contributed by atoms with Crippen LogP contribution in [0.1, 0.15) is 26.3 Å². The standard InChI is InChI=1S/C31H39N3O8S/c1-21(2)32-31(36)22(3)33(19-23-11-9-8-10-12-23)30(35)20-34(26-17-24(39-4)13-15-27(26)40-5)43(37,38)25-14-16-28(41-6)29(18-25)42-7/h8-18,21-22H,19-20H2,1-7H3,(H,32,36). The lowest BCUT2D eigenvalue weighted by molar-refractivity contribution is -0.139. The molecule has 43 heavy (non-hydrogen) atoms. The van der Waals surface area contributed by atoms with Crippen LogP contribution in [-0.2, 0) is 26.2 Å². The molecule has 0 aliphatic heterocycles. The van der Waals surface area contributed by atoms with Crippen molar-refractivity contribution in [2.24, 2.45) is 0 Å². The Labute approximate surface area is 253 Å². The summed E-state index contributed by atoms with van der Waals surface area (Å²) in [5, 5.41) is 2.83. The van der Waals surface area contributed by atoms with Crippen molar-refractivity contribution >= 4 is 27.5 Å². The molecule has 3 rings (SSSR count). The first-order chi connectivity index (χ1) is 20.5.